The van der Waals surface area contributed by atoms with Gasteiger partial charge in [-0.15, -0.1) is 16.4 Å². The second kappa shape index (κ2) is 9.07. The average Bonchev–Trinajstić information content (AvgIpc) is 3.39. The maximum Gasteiger partial charge on any atom is 0.322 e. The average molecular weight is 481 g/mol. The summed E-state index contributed by atoms with van der Waals surface area (Å²) in [5, 5.41) is 10.5. The lowest BCUT2D eigenvalue weighted by Gasteiger charge is -2.29. The van der Waals surface area contributed by atoms with E-state index >= 15 is 0 Å². The van der Waals surface area contributed by atoms with Gasteiger partial charge in [0, 0.05) is 19.0 Å². The van der Waals surface area contributed by atoms with Crippen LogP contribution < -0.4 is 5.32 Å². The number of sulfonamides is 1. The minimum absolute atomic E-state index is 0.0513. The Labute approximate surface area is 189 Å². The van der Waals surface area contributed by atoms with E-state index in [9.17, 15) is 13.2 Å². The largest absolute Gasteiger partial charge is 0.407 e. The third kappa shape index (κ3) is 5.15. The van der Waals surface area contributed by atoms with Gasteiger partial charge >= 0.3 is 6.01 Å². The Hall–Kier alpha value is -2.27. The number of hydrogen-bond donors (Lipinski definition) is 1. The molecule has 164 valence electrons. The van der Waals surface area contributed by atoms with Crippen molar-refractivity contribution < 1.29 is 17.6 Å². The molecule has 0 radical (unpaired) electrons. The summed E-state index contributed by atoms with van der Waals surface area (Å²) in [7, 11) is -3.58. The molecule has 0 unspecified atom stereocenters. The molecule has 1 fully saturated rings. The number of amides is 1. The first-order chi connectivity index (χ1) is 14.8. The number of hydrogen-bond acceptors (Lipinski definition) is 7. The van der Waals surface area contributed by atoms with Crippen molar-refractivity contribution in [2.75, 3.05) is 18.4 Å². The van der Waals surface area contributed by atoms with E-state index in [-0.39, 0.29) is 35.1 Å². The van der Waals surface area contributed by atoms with Crippen molar-refractivity contribution >= 4 is 44.9 Å². The number of carbonyl (C=O) groups is 1. The van der Waals surface area contributed by atoms with Gasteiger partial charge in [0.2, 0.25) is 11.8 Å². The van der Waals surface area contributed by atoms with Gasteiger partial charge in [0.25, 0.3) is 10.0 Å². The first-order valence-corrected chi connectivity index (χ1v) is 12.4. The Morgan fingerprint density at radius 3 is 2.55 bits per heavy atom. The quantitative estimate of drug-likeness (QED) is 0.576. The van der Waals surface area contributed by atoms with E-state index in [4.69, 9.17) is 16.0 Å². The zero-order valence-electron chi connectivity index (χ0n) is 16.7. The highest BCUT2D eigenvalue weighted by Gasteiger charge is 2.33. The van der Waals surface area contributed by atoms with E-state index in [1.807, 2.05) is 31.2 Å². The van der Waals surface area contributed by atoms with Gasteiger partial charge in [0.1, 0.15) is 4.21 Å². The summed E-state index contributed by atoms with van der Waals surface area (Å²) in [6, 6.07) is 11.1. The third-order valence-corrected chi connectivity index (χ3v) is 8.74. The fourth-order valence-electron chi connectivity index (χ4n) is 3.39. The minimum atomic E-state index is -3.58. The number of aryl methyl sites for hydroxylation is 1. The predicted molar refractivity (Wildman–Crippen MR) is 118 cm³/mol. The number of aromatic nitrogens is 2. The molecular weight excluding hydrogens is 460 g/mol. The van der Waals surface area contributed by atoms with Crippen LogP contribution in [0.3, 0.4) is 0 Å². The summed E-state index contributed by atoms with van der Waals surface area (Å²) in [6.45, 7) is 2.54. The monoisotopic (exact) mass is 480 g/mol. The van der Waals surface area contributed by atoms with Crippen LogP contribution in [0.15, 0.2) is 45.0 Å². The molecule has 8 nitrogen and oxygen atoms in total. The van der Waals surface area contributed by atoms with Gasteiger partial charge in [0.15, 0.2) is 0 Å². The van der Waals surface area contributed by atoms with Gasteiger partial charge < -0.3 is 4.42 Å². The summed E-state index contributed by atoms with van der Waals surface area (Å²) in [5.41, 5.74) is 2.20. The fraction of sp³-hybridized carbons (Fsp3) is 0.350. The molecule has 0 aliphatic carbocycles. The van der Waals surface area contributed by atoms with Crippen LogP contribution in [-0.4, -0.2) is 41.9 Å². The van der Waals surface area contributed by atoms with Crippen molar-refractivity contribution in [3.8, 4) is 0 Å². The molecule has 2 aromatic heterocycles. The summed E-state index contributed by atoms with van der Waals surface area (Å²) in [6.07, 6.45) is 1.30. The molecule has 1 amide bonds. The highest BCUT2D eigenvalue weighted by molar-refractivity contribution is 7.91. The number of nitrogens with one attached hydrogen (secondary N) is 1. The lowest BCUT2D eigenvalue weighted by atomic mass is 9.97. The van der Waals surface area contributed by atoms with Crippen molar-refractivity contribution in [1.29, 1.82) is 0 Å². The number of rotatable bonds is 6. The van der Waals surface area contributed by atoms with E-state index in [0.29, 0.717) is 29.5 Å². The normalized spacial score (nSPS) is 15.8. The van der Waals surface area contributed by atoms with Crippen LogP contribution in [0, 0.1) is 12.8 Å². The van der Waals surface area contributed by atoms with Crippen LogP contribution >= 0.6 is 22.9 Å². The fourth-order valence-corrected chi connectivity index (χ4v) is 6.49. The Morgan fingerprint density at radius 1 is 1.19 bits per heavy atom. The molecule has 1 aliphatic rings. The number of halogens is 1. The number of anilines is 1. The van der Waals surface area contributed by atoms with Gasteiger partial charge in [-0.1, -0.05) is 46.5 Å². The maximum absolute atomic E-state index is 12.7. The van der Waals surface area contributed by atoms with E-state index in [1.165, 1.54) is 15.9 Å². The molecule has 0 bridgehead atoms. The van der Waals surface area contributed by atoms with Crippen LogP contribution in [-0.2, 0) is 21.2 Å². The SMILES string of the molecule is Cc1ccc(Cc2nnc(NC(=O)C3CCN(S(=O)(=O)c4ccc(Cl)s4)CC3)o2)cc1. The Kier molecular flexibility index (Phi) is 6.42. The predicted octanol–water partition coefficient (Wildman–Crippen LogP) is 3.72. The van der Waals surface area contributed by atoms with Crippen LogP contribution in [0.5, 0.6) is 0 Å². The highest BCUT2D eigenvalue weighted by Crippen LogP contribution is 2.30. The second-order valence-electron chi connectivity index (χ2n) is 7.39. The first-order valence-electron chi connectivity index (χ1n) is 9.75. The van der Waals surface area contributed by atoms with Gasteiger partial charge in [-0.05, 0) is 37.5 Å². The van der Waals surface area contributed by atoms with Gasteiger partial charge in [-0.3, -0.25) is 10.1 Å². The third-order valence-electron chi connectivity index (χ3n) is 5.14. The molecule has 3 heterocycles. The molecule has 31 heavy (non-hydrogen) atoms. The molecule has 1 saturated heterocycles. The van der Waals surface area contributed by atoms with Crippen molar-refractivity contribution in [1.82, 2.24) is 14.5 Å². The lowest BCUT2D eigenvalue weighted by molar-refractivity contribution is -0.121. The van der Waals surface area contributed by atoms with E-state index < -0.39 is 10.0 Å². The van der Waals surface area contributed by atoms with E-state index in [1.54, 1.807) is 6.07 Å². The molecular formula is C20H21ClN4O4S2. The summed E-state index contributed by atoms with van der Waals surface area (Å²) in [5.74, 6) is -0.165. The Balaban J connectivity index is 1.31. The molecule has 11 heteroatoms. The molecule has 3 aromatic rings. The second-order valence-corrected chi connectivity index (χ2v) is 11.3. The van der Waals surface area contributed by atoms with Crippen LogP contribution in [0.1, 0.15) is 29.9 Å². The van der Waals surface area contributed by atoms with Crippen molar-refractivity contribution in [2.24, 2.45) is 5.92 Å². The maximum atomic E-state index is 12.7. The Morgan fingerprint density at radius 2 is 1.90 bits per heavy atom. The number of carbonyl (C=O) groups excluding carboxylic acids is 1. The van der Waals surface area contributed by atoms with Gasteiger partial charge in [0.05, 0.1) is 10.8 Å². The van der Waals surface area contributed by atoms with Crippen LogP contribution in [0.4, 0.5) is 6.01 Å². The number of thiophene rings is 1. The highest BCUT2D eigenvalue weighted by atomic mass is 35.5. The van der Waals surface area contributed by atoms with Gasteiger partial charge in [-0.25, -0.2) is 8.42 Å². The molecule has 0 saturated carbocycles. The smallest absolute Gasteiger partial charge is 0.322 e. The number of nitrogens with zero attached hydrogens (tertiary/aromatic N) is 3. The van der Waals surface area contributed by atoms with Crippen molar-refractivity contribution in [2.45, 2.75) is 30.4 Å². The molecule has 0 spiro atoms. The molecule has 1 aliphatic heterocycles. The Bertz CT molecular complexity index is 1170. The van der Waals surface area contributed by atoms with Crippen LogP contribution in [0.25, 0.3) is 0 Å². The van der Waals surface area contributed by atoms with Gasteiger partial charge in [-0.2, -0.15) is 4.31 Å². The zero-order valence-corrected chi connectivity index (χ0v) is 19.1. The summed E-state index contributed by atoms with van der Waals surface area (Å²) < 4.78 is 32.9. The lowest BCUT2D eigenvalue weighted by Crippen LogP contribution is -2.41. The number of benzene rings is 1. The molecule has 0 atom stereocenters. The molecule has 4 rings (SSSR count). The molecule has 1 aromatic carbocycles. The van der Waals surface area contributed by atoms with Crippen molar-refractivity contribution in [3.63, 3.8) is 0 Å². The van der Waals surface area contributed by atoms with E-state index in [0.717, 1.165) is 16.9 Å². The zero-order chi connectivity index (χ0) is 22.0. The standard InChI is InChI=1S/C20H21ClN4O4S2/c1-13-2-4-14(5-3-13)12-17-23-24-20(29-17)22-19(26)15-8-10-25(11-9-15)31(27,28)18-7-6-16(21)30-18/h2-7,15H,8-12H2,1H3,(H,22,24,26). The summed E-state index contributed by atoms with van der Waals surface area (Å²) in [4.78, 5) is 12.6. The minimum Gasteiger partial charge on any atom is -0.407 e. The van der Waals surface area contributed by atoms with E-state index in [2.05, 4.69) is 15.5 Å². The topological polar surface area (TPSA) is 105 Å². The number of piperidine rings is 1. The summed E-state index contributed by atoms with van der Waals surface area (Å²) >= 11 is 6.89. The molecule has 1 N–H and O–H groups in total. The van der Waals surface area contributed by atoms with Crippen LogP contribution in [0.2, 0.25) is 4.34 Å². The first kappa shape index (κ1) is 21.9. The van der Waals surface area contributed by atoms with Crippen molar-refractivity contribution in [3.05, 3.63) is 57.8 Å².